The maximum atomic E-state index is 12.3. The first-order valence-corrected chi connectivity index (χ1v) is 8.25. The van der Waals surface area contributed by atoms with Crippen molar-refractivity contribution in [2.45, 2.75) is 37.4 Å². The average molecular weight is 334 g/mol. The van der Waals surface area contributed by atoms with E-state index in [0.717, 1.165) is 5.75 Å². The van der Waals surface area contributed by atoms with Crippen LogP contribution in [0.2, 0.25) is 0 Å². The van der Waals surface area contributed by atoms with Gasteiger partial charge in [-0.2, -0.15) is 0 Å². The Kier molecular flexibility index (Phi) is 5.27. The molecule has 1 saturated carbocycles. The Labute approximate surface area is 140 Å². The summed E-state index contributed by atoms with van der Waals surface area (Å²) >= 11 is 0. The molecule has 1 aromatic rings. The molecular weight excluding hydrogens is 312 g/mol. The van der Waals surface area contributed by atoms with E-state index in [1.807, 2.05) is 30.3 Å². The molecule has 1 heterocycles. The minimum absolute atomic E-state index is 0.0517. The lowest BCUT2D eigenvalue weighted by molar-refractivity contribution is -0.528. The van der Waals surface area contributed by atoms with Gasteiger partial charge < -0.3 is 10.1 Å². The molecule has 24 heavy (non-hydrogen) atoms. The maximum Gasteiger partial charge on any atom is 0.238 e. The topological polar surface area (TPSA) is 106 Å². The van der Waals surface area contributed by atoms with Gasteiger partial charge in [0.25, 0.3) is 0 Å². The third kappa shape index (κ3) is 3.82. The number of carbonyl (C=O) groups excluding carboxylic acids is 1. The van der Waals surface area contributed by atoms with Crippen molar-refractivity contribution >= 4 is 5.91 Å². The summed E-state index contributed by atoms with van der Waals surface area (Å²) in [5.74, 6) is 0.563. The number of ether oxygens (including phenoxy) is 1. The number of benzene rings is 1. The highest BCUT2D eigenvalue weighted by atomic mass is 16.6. The van der Waals surface area contributed by atoms with E-state index in [1.165, 1.54) is 0 Å². The van der Waals surface area contributed by atoms with Gasteiger partial charge in [-0.15, -0.1) is 0 Å². The van der Waals surface area contributed by atoms with Crippen LogP contribution in [0.4, 0.5) is 0 Å². The average Bonchev–Trinajstić information content (AvgIpc) is 3.02. The smallest absolute Gasteiger partial charge is 0.238 e. The molecule has 4 atom stereocenters. The number of nitrogens with one attached hydrogen (secondary N) is 3. The van der Waals surface area contributed by atoms with Gasteiger partial charge in [-0.1, -0.05) is 18.2 Å². The number of fused-ring (bicyclic) bond motifs is 1. The van der Waals surface area contributed by atoms with E-state index in [-0.39, 0.29) is 22.8 Å². The van der Waals surface area contributed by atoms with E-state index >= 15 is 0 Å². The highest BCUT2D eigenvalue weighted by molar-refractivity contribution is 5.82. The lowest BCUT2D eigenvalue weighted by Crippen LogP contribution is -2.47. The number of para-hydroxylation sites is 1. The van der Waals surface area contributed by atoms with Gasteiger partial charge in [0.1, 0.15) is 18.4 Å². The number of nitrogens with zero attached hydrogens (tertiary/aromatic N) is 1. The number of hydrogen-bond donors (Lipinski definition) is 3. The second kappa shape index (κ2) is 7.59. The summed E-state index contributed by atoms with van der Waals surface area (Å²) in [6.45, 7) is 0.767. The molecule has 1 aliphatic heterocycles. The summed E-state index contributed by atoms with van der Waals surface area (Å²) in [7, 11) is 0. The third-order valence-electron chi connectivity index (χ3n) is 4.72. The van der Waals surface area contributed by atoms with Crippen LogP contribution in [0.5, 0.6) is 5.75 Å². The summed E-state index contributed by atoms with van der Waals surface area (Å²) in [6.07, 6.45) is 1.70. The fourth-order valence-electron chi connectivity index (χ4n) is 3.46. The Morgan fingerprint density at radius 1 is 1.29 bits per heavy atom. The van der Waals surface area contributed by atoms with Crippen molar-refractivity contribution in [3.8, 4) is 5.75 Å². The van der Waals surface area contributed by atoms with Crippen LogP contribution in [-0.2, 0) is 4.79 Å². The van der Waals surface area contributed by atoms with Crippen LogP contribution in [0.15, 0.2) is 30.3 Å². The normalized spacial score (nSPS) is 28.8. The van der Waals surface area contributed by atoms with E-state index in [1.54, 1.807) is 0 Å². The van der Waals surface area contributed by atoms with Crippen molar-refractivity contribution in [3.63, 3.8) is 0 Å². The zero-order chi connectivity index (χ0) is 16.9. The number of hydrazine groups is 1. The second-order valence-corrected chi connectivity index (χ2v) is 6.24. The SMILES string of the molecule is O=C(NCCOc1ccccc1)C1NNC2CCC([N+](=O)[O-])CC21. The standard InChI is InChI=1S/C16H22N4O4/c21-16(17-8-9-24-12-4-2-1-3-5-12)15-13-10-11(20(22)23)6-7-14(13)18-19-15/h1-5,11,13-15,18-19H,6-10H2,(H,17,21). The fourth-order valence-corrected chi connectivity index (χ4v) is 3.46. The Morgan fingerprint density at radius 3 is 2.83 bits per heavy atom. The van der Waals surface area contributed by atoms with Crippen LogP contribution in [0.3, 0.4) is 0 Å². The minimum Gasteiger partial charge on any atom is -0.492 e. The summed E-state index contributed by atoms with van der Waals surface area (Å²) in [6, 6.07) is 8.53. The number of carbonyl (C=O) groups is 1. The molecule has 8 nitrogen and oxygen atoms in total. The molecule has 1 aromatic carbocycles. The van der Waals surface area contributed by atoms with Crippen LogP contribution < -0.4 is 20.9 Å². The van der Waals surface area contributed by atoms with E-state index in [4.69, 9.17) is 4.74 Å². The molecule has 1 amide bonds. The van der Waals surface area contributed by atoms with Gasteiger partial charge in [0, 0.05) is 29.7 Å². The van der Waals surface area contributed by atoms with Crippen LogP contribution in [0, 0.1) is 16.0 Å². The Morgan fingerprint density at radius 2 is 2.08 bits per heavy atom. The Hall–Kier alpha value is -2.19. The quantitative estimate of drug-likeness (QED) is 0.397. The number of hydrogen-bond acceptors (Lipinski definition) is 6. The summed E-state index contributed by atoms with van der Waals surface area (Å²) in [5.41, 5.74) is 6.09. The van der Waals surface area contributed by atoms with Gasteiger partial charge >= 0.3 is 0 Å². The van der Waals surface area contributed by atoms with Gasteiger partial charge in [-0.25, -0.2) is 5.43 Å². The monoisotopic (exact) mass is 334 g/mol. The molecule has 130 valence electrons. The van der Waals surface area contributed by atoms with Gasteiger partial charge in [0.2, 0.25) is 11.9 Å². The lowest BCUT2D eigenvalue weighted by atomic mass is 9.79. The van der Waals surface area contributed by atoms with Crippen molar-refractivity contribution in [1.29, 1.82) is 0 Å². The van der Waals surface area contributed by atoms with Gasteiger partial charge in [0.15, 0.2) is 0 Å². The number of rotatable bonds is 6. The molecule has 0 spiro atoms. The first-order chi connectivity index (χ1) is 11.6. The van der Waals surface area contributed by atoms with Crippen molar-refractivity contribution in [1.82, 2.24) is 16.2 Å². The van der Waals surface area contributed by atoms with Crippen molar-refractivity contribution in [2.75, 3.05) is 13.2 Å². The van der Waals surface area contributed by atoms with Crippen molar-refractivity contribution < 1.29 is 14.5 Å². The fraction of sp³-hybridized carbons (Fsp3) is 0.562. The number of amides is 1. The number of nitro groups is 1. The zero-order valence-corrected chi connectivity index (χ0v) is 13.3. The van der Waals surface area contributed by atoms with Gasteiger partial charge in [0.05, 0.1) is 6.54 Å². The van der Waals surface area contributed by atoms with E-state index in [0.29, 0.717) is 32.4 Å². The Bertz CT molecular complexity index is 583. The predicted octanol–water partition coefficient (Wildman–Crippen LogP) is 0.472. The second-order valence-electron chi connectivity index (χ2n) is 6.24. The molecule has 0 aromatic heterocycles. The van der Waals surface area contributed by atoms with Crippen molar-refractivity contribution in [3.05, 3.63) is 40.4 Å². The summed E-state index contributed by atoms with van der Waals surface area (Å²) in [4.78, 5) is 23.1. The predicted molar refractivity (Wildman–Crippen MR) is 86.9 cm³/mol. The Balaban J connectivity index is 1.45. The minimum atomic E-state index is -0.551. The van der Waals surface area contributed by atoms with Crippen LogP contribution in [0.25, 0.3) is 0 Å². The molecular formula is C16H22N4O4. The first-order valence-electron chi connectivity index (χ1n) is 8.25. The summed E-state index contributed by atoms with van der Waals surface area (Å²) < 4.78 is 5.53. The van der Waals surface area contributed by atoms with E-state index < -0.39 is 12.1 Å². The molecule has 4 unspecified atom stereocenters. The molecule has 1 aliphatic carbocycles. The molecule has 0 radical (unpaired) electrons. The lowest BCUT2D eigenvalue weighted by Gasteiger charge is -2.28. The molecule has 2 fully saturated rings. The van der Waals surface area contributed by atoms with Crippen LogP contribution in [0.1, 0.15) is 19.3 Å². The maximum absolute atomic E-state index is 12.3. The summed E-state index contributed by atoms with van der Waals surface area (Å²) in [5, 5.41) is 13.8. The molecule has 3 rings (SSSR count). The molecule has 3 N–H and O–H groups in total. The highest BCUT2D eigenvalue weighted by Gasteiger charge is 2.46. The van der Waals surface area contributed by atoms with Gasteiger partial charge in [-0.05, 0) is 18.6 Å². The van der Waals surface area contributed by atoms with Crippen molar-refractivity contribution in [2.24, 2.45) is 5.92 Å². The molecule has 0 bridgehead atoms. The highest BCUT2D eigenvalue weighted by Crippen LogP contribution is 2.31. The van der Waals surface area contributed by atoms with E-state index in [2.05, 4.69) is 16.2 Å². The van der Waals surface area contributed by atoms with Crippen LogP contribution >= 0.6 is 0 Å². The first kappa shape index (κ1) is 16.7. The largest absolute Gasteiger partial charge is 0.492 e. The molecule has 2 aliphatic rings. The van der Waals surface area contributed by atoms with Gasteiger partial charge in [-0.3, -0.25) is 20.3 Å². The third-order valence-corrected chi connectivity index (χ3v) is 4.72. The van der Waals surface area contributed by atoms with E-state index in [9.17, 15) is 14.9 Å². The molecule has 8 heteroatoms. The molecule has 1 saturated heterocycles. The zero-order valence-electron chi connectivity index (χ0n) is 13.3. The van der Waals surface area contributed by atoms with Crippen LogP contribution in [-0.4, -0.2) is 42.1 Å².